The Hall–Kier alpha value is -1.84. The molecule has 0 aliphatic heterocycles. The minimum atomic E-state index is -1.10. The van der Waals surface area contributed by atoms with Crippen LogP contribution in [0.15, 0.2) is 24.5 Å². The highest BCUT2D eigenvalue weighted by atomic mass is 16.2. The topological polar surface area (TPSA) is 64.1 Å². The van der Waals surface area contributed by atoms with Crippen molar-refractivity contribution in [2.24, 2.45) is 5.92 Å². The zero-order valence-corrected chi connectivity index (χ0v) is 9.39. The summed E-state index contributed by atoms with van der Waals surface area (Å²) >= 11 is 0. The Bertz CT molecular complexity index is 435. The van der Waals surface area contributed by atoms with Crippen LogP contribution in [0.1, 0.15) is 36.0 Å². The standard InChI is InChI=1S/C13H13NO3/c15-10-5-1-2-6-11(16)12(10)13(17)9-4-3-7-14-8-9/h3-4,7-8,12H,1-2,5-6H2. The van der Waals surface area contributed by atoms with Gasteiger partial charge >= 0.3 is 0 Å². The van der Waals surface area contributed by atoms with Gasteiger partial charge in [0, 0.05) is 30.8 Å². The molecular formula is C13H13NO3. The molecule has 1 aromatic heterocycles. The van der Waals surface area contributed by atoms with Crippen molar-refractivity contribution < 1.29 is 14.4 Å². The molecule has 1 fully saturated rings. The SMILES string of the molecule is O=C1CCCCC(=O)C1C(=O)c1cccnc1. The molecule has 0 aromatic carbocycles. The monoisotopic (exact) mass is 231 g/mol. The van der Waals surface area contributed by atoms with Gasteiger partial charge in [0.15, 0.2) is 17.3 Å². The molecule has 17 heavy (non-hydrogen) atoms. The normalized spacial score (nSPS) is 17.9. The van der Waals surface area contributed by atoms with E-state index in [1.165, 1.54) is 6.20 Å². The first-order valence-corrected chi connectivity index (χ1v) is 5.70. The second-order valence-electron chi connectivity index (χ2n) is 4.18. The van der Waals surface area contributed by atoms with Gasteiger partial charge < -0.3 is 0 Å². The molecular weight excluding hydrogens is 218 g/mol. The lowest BCUT2D eigenvalue weighted by Gasteiger charge is -2.10. The minimum Gasteiger partial charge on any atom is -0.298 e. The van der Waals surface area contributed by atoms with Crippen molar-refractivity contribution in [2.45, 2.75) is 25.7 Å². The van der Waals surface area contributed by atoms with Gasteiger partial charge in [-0.25, -0.2) is 0 Å². The smallest absolute Gasteiger partial charge is 0.182 e. The molecule has 0 spiro atoms. The predicted octanol–water partition coefficient (Wildman–Crippen LogP) is 1.59. The lowest BCUT2D eigenvalue weighted by Crippen LogP contribution is -2.30. The van der Waals surface area contributed by atoms with Crippen LogP contribution >= 0.6 is 0 Å². The number of nitrogens with zero attached hydrogens (tertiary/aromatic N) is 1. The van der Waals surface area contributed by atoms with Gasteiger partial charge in [0.25, 0.3) is 0 Å². The van der Waals surface area contributed by atoms with Crippen LogP contribution in [0.4, 0.5) is 0 Å². The van der Waals surface area contributed by atoms with Crippen molar-refractivity contribution in [2.75, 3.05) is 0 Å². The summed E-state index contributed by atoms with van der Waals surface area (Å²) in [5, 5.41) is 0. The summed E-state index contributed by atoms with van der Waals surface area (Å²) in [6.07, 6.45) is 4.98. The largest absolute Gasteiger partial charge is 0.298 e. The van der Waals surface area contributed by atoms with E-state index >= 15 is 0 Å². The van der Waals surface area contributed by atoms with E-state index in [0.29, 0.717) is 31.2 Å². The van der Waals surface area contributed by atoms with Gasteiger partial charge in [0.2, 0.25) is 0 Å². The molecule has 0 unspecified atom stereocenters. The summed E-state index contributed by atoms with van der Waals surface area (Å²) in [6, 6.07) is 3.21. The highest BCUT2D eigenvalue weighted by molar-refractivity contribution is 6.24. The number of carbonyl (C=O) groups excluding carboxylic acids is 3. The lowest BCUT2D eigenvalue weighted by atomic mass is 9.90. The second kappa shape index (κ2) is 4.99. The fraction of sp³-hybridized carbons (Fsp3) is 0.385. The average Bonchev–Trinajstić information content (AvgIpc) is 2.51. The first-order valence-electron chi connectivity index (χ1n) is 5.70. The number of rotatable bonds is 2. The molecule has 4 nitrogen and oxygen atoms in total. The van der Waals surface area contributed by atoms with Crippen molar-refractivity contribution in [1.29, 1.82) is 0 Å². The van der Waals surface area contributed by atoms with Crippen molar-refractivity contribution in [3.63, 3.8) is 0 Å². The number of hydrogen-bond donors (Lipinski definition) is 0. The zero-order chi connectivity index (χ0) is 12.3. The Labute approximate surface area is 99.0 Å². The van der Waals surface area contributed by atoms with Gasteiger partial charge in [0.1, 0.15) is 5.92 Å². The summed E-state index contributed by atoms with van der Waals surface area (Å²) in [6.45, 7) is 0. The van der Waals surface area contributed by atoms with E-state index in [4.69, 9.17) is 0 Å². The molecule has 1 aliphatic rings. The van der Waals surface area contributed by atoms with Crippen LogP contribution < -0.4 is 0 Å². The Morgan fingerprint density at radius 3 is 2.35 bits per heavy atom. The molecule has 88 valence electrons. The van der Waals surface area contributed by atoms with Crippen LogP contribution in [0.25, 0.3) is 0 Å². The Kier molecular flexibility index (Phi) is 3.42. The van der Waals surface area contributed by atoms with E-state index in [2.05, 4.69) is 4.98 Å². The number of pyridine rings is 1. The summed E-state index contributed by atoms with van der Waals surface area (Å²) in [5.74, 6) is -2.00. The molecule has 0 radical (unpaired) electrons. The van der Waals surface area contributed by atoms with Gasteiger partial charge in [-0.15, -0.1) is 0 Å². The molecule has 4 heteroatoms. The van der Waals surface area contributed by atoms with Gasteiger partial charge in [0.05, 0.1) is 0 Å². The fourth-order valence-electron chi connectivity index (χ4n) is 2.03. The number of ketones is 3. The van der Waals surface area contributed by atoms with Gasteiger partial charge in [-0.2, -0.15) is 0 Å². The van der Waals surface area contributed by atoms with E-state index in [1.807, 2.05) is 0 Å². The van der Waals surface area contributed by atoms with E-state index in [1.54, 1.807) is 18.3 Å². The van der Waals surface area contributed by atoms with Crippen molar-refractivity contribution in [1.82, 2.24) is 4.98 Å². The van der Waals surface area contributed by atoms with Crippen molar-refractivity contribution in [3.05, 3.63) is 30.1 Å². The Balaban J connectivity index is 2.28. The summed E-state index contributed by atoms with van der Waals surface area (Å²) in [5.41, 5.74) is 0.334. The van der Waals surface area contributed by atoms with E-state index in [9.17, 15) is 14.4 Å². The molecule has 1 aliphatic carbocycles. The first-order chi connectivity index (χ1) is 8.20. The summed E-state index contributed by atoms with van der Waals surface area (Å²) in [7, 11) is 0. The second-order valence-corrected chi connectivity index (χ2v) is 4.18. The molecule has 0 atom stereocenters. The highest BCUT2D eigenvalue weighted by Gasteiger charge is 2.34. The Morgan fingerprint density at radius 2 is 1.82 bits per heavy atom. The predicted molar refractivity (Wildman–Crippen MR) is 60.5 cm³/mol. The maximum absolute atomic E-state index is 12.1. The third-order valence-electron chi connectivity index (χ3n) is 2.95. The van der Waals surface area contributed by atoms with E-state index in [0.717, 1.165) is 0 Å². The number of aromatic nitrogens is 1. The lowest BCUT2D eigenvalue weighted by molar-refractivity contribution is -0.129. The third-order valence-corrected chi connectivity index (χ3v) is 2.95. The van der Waals surface area contributed by atoms with Crippen LogP contribution in [-0.2, 0) is 9.59 Å². The maximum Gasteiger partial charge on any atom is 0.182 e. The van der Waals surface area contributed by atoms with Gasteiger partial charge in [-0.05, 0) is 25.0 Å². The van der Waals surface area contributed by atoms with Crippen molar-refractivity contribution >= 4 is 17.3 Å². The molecule has 0 bridgehead atoms. The molecule has 1 aromatic rings. The molecule has 1 heterocycles. The number of hydrogen-bond acceptors (Lipinski definition) is 4. The minimum absolute atomic E-state index is 0.249. The molecule has 0 N–H and O–H groups in total. The van der Waals surface area contributed by atoms with Crippen LogP contribution in [0.3, 0.4) is 0 Å². The fourth-order valence-corrected chi connectivity index (χ4v) is 2.03. The van der Waals surface area contributed by atoms with Crippen LogP contribution in [-0.4, -0.2) is 22.3 Å². The van der Waals surface area contributed by atoms with E-state index < -0.39 is 11.7 Å². The van der Waals surface area contributed by atoms with Crippen LogP contribution in [0.5, 0.6) is 0 Å². The molecule has 2 rings (SSSR count). The average molecular weight is 231 g/mol. The van der Waals surface area contributed by atoms with Gasteiger partial charge in [-0.1, -0.05) is 0 Å². The van der Waals surface area contributed by atoms with Crippen LogP contribution in [0, 0.1) is 5.92 Å². The van der Waals surface area contributed by atoms with Crippen molar-refractivity contribution in [3.8, 4) is 0 Å². The number of carbonyl (C=O) groups is 3. The van der Waals surface area contributed by atoms with E-state index in [-0.39, 0.29) is 11.6 Å². The summed E-state index contributed by atoms with van der Waals surface area (Å²) < 4.78 is 0. The zero-order valence-electron chi connectivity index (χ0n) is 9.39. The first kappa shape index (κ1) is 11.6. The molecule has 0 amide bonds. The third kappa shape index (κ3) is 2.46. The van der Waals surface area contributed by atoms with Crippen LogP contribution in [0.2, 0.25) is 0 Å². The quantitative estimate of drug-likeness (QED) is 0.440. The number of Topliss-reactive ketones (excluding diaryl/α,β-unsaturated/α-hetero) is 3. The molecule has 1 saturated carbocycles. The molecule has 0 saturated heterocycles. The maximum atomic E-state index is 12.1. The Morgan fingerprint density at radius 1 is 1.18 bits per heavy atom. The van der Waals surface area contributed by atoms with Gasteiger partial charge in [-0.3, -0.25) is 19.4 Å². The highest BCUT2D eigenvalue weighted by Crippen LogP contribution is 2.20. The summed E-state index contributed by atoms with van der Waals surface area (Å²) in [4.78, 5) is 39.5.